The summed E-state index contributed by atoms with van der Waals surface area (Å²) in [6.45, 7) is 1.68. The standard InChI is InChI=1S/C10H13F2NO.ClH/c1-7-4-8(5-13)2-3-9(7)14-6-10(11)12;/h2-4,10H,5-6,13H2,1H3;1H. The van der Waals surface area contributed by atoms with E-state index >= 15 is 0 Å². The van der Waals surface area contributed by atoms with Gasteiger partial charge >= 0.3 is 0 Å². The Morgan fingerprint density at radius 1 is 1.40 bits per heavy atom. The Kier molecular flexibility index (Phi) is 6.20. The number of rotatable bonds is 4. The zero-order valence-corrected chi connectivity index (χ0v) is 9.19. The lowest BCUT2D eigenvalue weighted by Crippen LogP contribution is -2.08. The molecule has 0 aliphatic carbocycles. The van der Waals surface area contributed by atoms with Gasteiger partial charge in [0.05, 0.1) is 0 Å². The lowest BCUT2D eigenvalue weighted by atomic mass is 10.1. The molecular weight excluding hydrogens is 224 g/mol. The summed E-state index contributed by atoms with van der Waals surface area (Å²) in [6.07, 6.45) is -2.44. The fraction of sp³-hybridized carbons (Fsp3) is 0.400. The summed E-state index contributed by atoms with van der Waals surface area (Å²) in [5, 5.41) is 0. The predicted octanol–water partition coefficient (Wildman–Crippen LogP) is 2.52. The monoisotopic (exact) mass is 237 g/mol. The number of halogens is 3. The second-order valence-electron chi connectivity index (χ2n) is 3.01. The maximum absolute atomic E-state index is 11.9. The zero-order chi connectivity index (χ0) is 10.6. The predicted molar refractivity (Wildman–Crippen MR) is 57.8 cm³/mol. The van der Waals surface area contributed by atoms with E-state index in [4.69, 9.17) is 10.5 Å². The fourth-order valence-corrected chi connectivity index (χ4v) is 1.15. The van der Waals surface area contributed by atoms with E-state index in [0.29, 0.717) is 12.3 Å². The summed E-state index contributed by atoms with van der Waals surface area (Å²) in [6, 6.07) is 5.27. The van der Waals surface area contributed by atoms with Gasteiger partial charge in [0, 0.05) is 6.54 Å². The maximum atomic E-state index is 11.9. The highest BCUT2D eigenvalue weighted by Gasteiger charge is 2.05. The van der Waals surface area contributed by atoms with Gasteiger partial charge in [-0.2, -0.15) is 0 Å². The molecule has 1 rings (SSSR count). The molecule has 15 heavy (non-hydrogen) atoms. The first-order valence-electron chi connectivity index (χ1n) is 4.34. The summed E-state index contributed by atoms with van der Waals surface area (Å²) >= 11 is 0. The topological polar surface area (TPSA) is 35.2 Å². The molecule has 1 aromatic rings. The molecule has 86 valence electrons. The van der Waals surface area contributed by atoms with Crippen molar-refractivity contribution in [1.82, 2.24) is 0 Å². The van der Waals surface area contributed by atoms with Crippen molar-refractivity contribution in [1.29, 1.82) is 0 Å². The molecule has 0 aromatic heterocycles. The second kappa shape index (κ2) is 6.58. The number of aryl methyl sites for hydroxylation is 1. The first-order chi connectivity index (χ1) is 6.63. The second-order valence-corrected chi connectivity index (χ2v) is 3.01. The van der Waals surface area contributed by atoms with Gasteiger partial charge in [-0.25, -0.2) is 8.78 Å². The molecule has 0 unspecified atom stereocenters. The van der Waals surface area contributed by atoms with Crippen molar-refractivity contribution in [2.45, 2.75) is 19.9 Å². The van der Waals surface area contributed by atoms with E-state index in [9.17, 15) is 8.78 Å². The molecule has 1 aromatic carbocycles. The van der Waals surface area contributed by atoms with E-state index in [1.165, 1.54) is 0 Å². The van der Waals surface area contributed by atoms with Gasteiger partial charge in [0.1, 0.15) is 12.4 Å². The number of benzene rings is 1. The van der Waals surface area contributed by atoms with Crippen molar-refractivity contribution in [3.05, 3.63) is 29.3 Å². The van der Waals surface area contributed by atoms with Crippen molar-refractivity contribution < 1.29 is 13.5 Å². The Balaban J connectivity index is 0.00000196. The SMILES string of the molecule is Cc1cc(CN)ccc1OCC(F)F.Cl. The van der Waals surface area contributed by atoms with Crippen molar-refractivity contribution >= 4 is 12.4 Å². The minimum absolute atomic E-state index is 0. The Hall–Kier alpha value is -0.870. The molecule has 0 fully saturated rings. The van der Waals surface area contributed by atoms with Crippen molar-refractivity contribution in [2.24, 2.45) is 5.73 Å². The Morgan fingerprint density at radius 3 is 2.53 bits per heavy atom. The molecular formula is C10H14ClF2NO. The first-order valence-corrected chi connectivity index (χ1v) is 4.34. The summed E-state index contributed by atoms with van der Waals surface area (Å²) in [5.74, 6) is 0.488. The van der Waals surface area contributed by atoms with Crippen LogP contribution >= 0.6 is 12.4 Å². The van der Waals surface area contributed by atoms with Crippen molar-refractivity contribution in [2.75, 3.05) is 6.61 Å². The van der Waals surface area contributed by atoms with Crippen LogP contribution in [-0.2, 0) is 6.54 Å². The molecule has 0 atom stereocenters. The lowest BCUT2D eigenvalue weighted by molar-refractivity contribution is 0.0816. The van der Waals surface area contributed by atoms with Crippen LogP contribution < -0.4 is 10.5 Å². The van der Waals surface area contributed by atoms with Crippen LogP contribution in [-0.4, -0.2) is 13.0 Å². The normalized spacial score (nSPS) is 9.93. The average Bonchev–Trinajstić information content (AvgIpc) is 2.15. The van der Waals surface area contributed by atoms with Crippen LogP contribution in [0.2, 0.25) is 0 Å². The zero-order valence-electron chi connectivity index (χ0n) is 8.37. The summed E-state index contributed by atoms with van der Waals surface area (Å²) < 4.78 is 28.6. The van der Waals surface area contributed by atoms with E-state index < -0.39 is 13.0 Å². The smallest absolute Gasteiger partial charge is 0.272 e. The molecule has 2 nitrogen and oxygen atoms in total. The molecule has 0 saturated carbocycles. The molecule has 0 aliphatic rings. The largest absolute Gasteiger partial charge is 0.487 e. The minimum atomic E-state index is -2.44. The molecule has 0 bridgehead atoms. The number of hydrogen-bond acceptors (Lipinski definition) is 2. The highest BCUT2D eigenvalue weighted by Crippen LogP contribution is 2.19. The van der Waals surface area contributed by atoms with E-state index in [1.54, 1.807) is 19.1 Å². The van der Waals surface area contributed by atoms with Gasteiger partial charge in [0.25, 0.3) is 6.43 Å². The van der Waals surface area contributed by atoms with Gasteiger partial charge in [-0.05, 0) is 24.1 Å². The lowest BCUT2D eigenvalue weighted by Gasteiger charge is -2.09. The van der Waals surface area contributed by atoms with Crippen LogP contribution in [0.1, 0.15) is 11.1 Å². The highest BCUT2D eigenvalue weighted by atomic mass is 35.5. The average molecular weight is 238 g/mol. The Bertz CT molecular complexity index is 307. The van der Waals surface area contributed by atoms with Crippen LogP contribution in [0.25, 0.3) is 0 Å². The van der Waals surface area contributed by atoms with Gasteiger partial charge < -0.3 is 10.5 Å². The summed E-state index contributed by atoms with van der Waals surface area (Å²) in [7, 11) is 0. The summed E-state index contributed by atoms with van der Waals surface area (Å²) in [5.41, 5.74) is 7.22. The Labute approximate surface area is 93.8 Å². The van der Waals surface area contributed by atoms with Gasteiger partial charge in [-0.15, -0.1) is 12.4 Å². The van der Waals surface area contributed by atoms with E-state index in [1.807, 2.05) is 6.07 Å². The summed E-state index contributed by atoms with van der Waals surface area (Å²) in [4.78, 5) is 0. The third-order valence-corrected chi connectivity index (χ3v) is 1.84. The van der Waals surface area contributed by atoms with Gasteiger partial charge in [-0.1, -0.05) is 12.1 Å². The fourth-order valence-electron chi connectivity index (χ4n) is 1.15. The number of nitrogens with two attached hydrogens (primary N) is 1. The van der Waals surface area contributed by atoms with Crippen molar-refractivity contribution in [3.8, 4) is 5.75 Å². The maximum Gasteiger partial charge on any atom is 0.272 e. The Morgan fingerprint density at radius 2 is 2.07 bits per heavy atom. The first kappa shape index (κ1) is 14.1. The molecule has 0 saturated heterocycles. The molecule has 5 heteroatoms. The third-order valence-electron chi connectivity index (χ3n) is 1.84. The van der Waals surface area contributed by atoms with Crippen LogP contribution in [0, 0.1) is 6.92 Å². The molecule has 2 N–H and O–H groups in total. The van der Waals surface area contributed by atoms with Gasteiger partial charge in [0.2, 0.25) is 0 Å². The number of ether oxygens (including phenoxy) is 1. The van der Waals surface area contributed by atoms with Crippen LogP contribution in [0.4, 0.5) is 8.78 Å². The number of hydrogen-bond donors (Lipinski definition) is 1. The molecule has 0 aliphatic heterocycles. The van der Waals surface area contributed by atoms with Crippen LogP contribution in [0.5, 0.6) is 5.75 Å². The minimum Gasteiger partial charge on any atom is -0.487 e. The number of alkyl halides is 2. The van der Waals surface area contributed by atoms with E-state index in [-0.39, 0.29) is 12.4 Å². The van der Waals surface area contributed by atoms with E-state index in [0.717, 1.165) is 11.1 Å². The quantitative estimate of drug-likeness (QED) is 0.874. The van der Waals surface area contributed by atoms with E-state index in [2.05, 4.69) is 0 Å². The molecule has 0 heterocycles. The van der Waals surface area contributed by atoms with Crippen molar-refractivity contribution in [3.63, 3.8) is 0 Å². The molecule has 0 spiro atoms. The van der Waals surface area contributed by atoms with Crippen LogP contribution in [0.15, 0.2) is 18.2 Å². The van der Waals surface area contributed by atoms with Gasteiger partial charge in [-0.3, -0.25) is 0 Å². The highest BCUT2D eigenvalue weighted by molar-refractivity contribution is 5.85. The van der Waals surface area contributed by atoms with Gasteiger partial charge in [0.15, 0.2) is 0 Å². The molecule has 0 amide bonds. The van der Waals surface area contributed by atoms with Crippen LogP contribution in [0.3, 0.4) is 0 Å². The third kappa shape index (κ3) is 4.44. The molecule has 0 radical (unpaired) electrons.